The third kappa shape index (κ3) is 0.832. The fourth-order valence-corrected chi connectivity index (χ4v) is 7.24. The Hall–Kier alpha value is -2.04. The first-order valence-electron chi connectivity index (χ1n) is 8.41. The van der Waals surface area contributed by atoms with E-state index in [2.05, 4.69) is 20.8 Å². The van der Waals surface area contributed by atoms with Crippen molar-refractivity contribution in [2.45, 2.75) is 39.3 Å². The summed E-state index contributed by atoms with van der Waals surface area (Å²) < 4.78 is 4.92. The summed E-state index contributed by atoms with van der Waals surface area (Å²) in [5, 5.41) is 0. The molecule has 6 atom stereocenters. The van der Waals surface area contributed by atoms with Gasteiger partial charge in [-0.2, -0.15) is 0 Å². The molecule has 6 rings (SSSR count). The van der Waals surface area contributed by atoms with Crippen LogP contribution in [0.3, 0.4) is 0 Å². The van der Waals surface area contributed by atoms with Gasteiger partial charge in [0.1, 0.15) is 0 Å². The van der Waals surface area contributed by atoms with E-state index < -0.39 is 0 Å². The maximum atomic E-state index is 13.1. The van der Waals surface area contributed by atoms with Crippen molar-refractivity contribution in [2.75, 3.05) is 0 Å². The first-order chi connectivity index (χ1) is 10.9. The molecule has 3 aliphatic carbocycles. The lowest BCUT2D eigenvalue weighted by atomic mass is 9.60. The minimum Gasteiger partial charge on any atom is -0.245 e. The first-order valence-corrected chi connectivity index (χ1v) is 8.41. The lowest BCUT2D eigenvalue weighted by molar-refractivity contribution is 0.0140. The molecule has 0 radical (unpaired) electrons. The smallest absolute Gasteiger partial charge is 0.245 e. The third-order valence-corrected chi connectivity index (χ3v) is 8.54. The number of fused-ring (bicyclic) bond motifs is 5. The van der Waals surface area contributed by atoms with E-state index in [0.717, 1.165) is 6.42 Å². The monoisotopic (exact) mass is 309 g/mol. The van der Waals surface area contributed by atoms with Gasteiger partial charge in [-0.05, 0) is 29.4 Å². The van der Waals surface area contributed by atoms with Gasteiger partial charge in [0, 0.05) is 11.3 Å². The van der Waals surface area contributed by atoms with Crippen LogP contribution >= 0.6 is 0 Å². The quantitative estimate of drug-likeness (QED) is 0.808. The SMILES string of the molecule is C[C@@]12C[C@@H]3[C@H]4[C@@H](n5c(=O)n(-c6ccccc6)c(=O)n53)[C@@]1(C)[C@@]42C. The highest BCUT2D eigenvalue weighted by molar-refractivity contribution is 5.46. The first kappa shape index (κ1) is 12.4. The van der Waals surface area contributed by atoms with Crippen LogP contribution in [0.25, 0.3) is 5.69 Å². The van der Waals surface area contributed by atoms with Crippen molar-refractivity contribution >= 4 is 0 Å². The maximum Gasteiger partial charge on any atom is 0.352 e. The molecule has 2 heterocycles. The molecule has 5 heteroatoms. The molecule has 118 valence electrons. The molecule has 0 N–H and O–H groups in total. The van der Waals surface area contributed by atoms with E-state index in [-0.39, 0.29) is 34.3 Å². The number of rotatable bonds is 1. The zero-order valence-electron chi connectivity index (χ0n) is 13.5. The van der Waals surface area contributed by atoms with E-state index >= 15 is 0 Å². The summed E-state index contributed by atoms with van der Waals surface area (Å²) in [6, 6.07) is 9.66. The van der Waals surface area contributed by atoms with Gasteiger partial charge in [-0.15, -0.1) is 0 Å². The minimum absolute atomic E-state index is 0.165. The Morgan fingerprint density at radius 1 is 0.957 bits per heavy atom. The number of hydrogen-bond donors (Lipinski definition) is 0. The van der Waals surface area contributed by atoms with Crippen LogP contribution in [0.2, 0.25) is 0 Å². The van der Waals surface area contributed by atoms with Gasteiger partial charge in [0.25, 0.3) is 0 Å². The largest absolute Gasteiger partial charge is 0.352 e. The fraction of sp³-hybridized carbons (Fsp3) is 0.556. The number of nitrogens with zero attached hydrogens (tertiary/aromatic N) is 3. The molecule has 23 heavy (non-hydrogen) atoms. The van der Waals surface area contributed by atoms with Gasteiger partial charge in [0.05, 0.1) is 17.8 Å². The van der Waals surface area contributed by atoms with E-state index in [0.29, 0.717) is 17.0 Å². The van der Waals surface area contributed by atoms with Gasteiger partial charge in [0.15, 0.2) is 0 Å². The van der Waals surface area contributed by atoms with E-state index in [9.17, 15) is 9.59 Å². The van der Waals surface area contributed by atoms with Crippen LogP contribution < -0.4 is 11.4 Å². The standard InChI is InChI=1S/C18H19N3O2/c1-16-9-11-12-13(18(16,3)17(12,16)2)21-15(23)19(14(22)20(11)21)10-7-5-4-6-8-10/h4-8,11-13H,9H2,1-3H3/t11-,12+,13-,16+,17+,18-/m1/s1. The lowest BCUT2D eigenvalue weighted by Crippen LogP contribution is -2.47. The summed E-state index contributed by atoms with van der Waals surface area (Å²) in [7, 11) is 0. The Morgan fingerprint density at radius 2 is 1.61 bits per heavy atom. The Kier molecular flexibility index (Phi) is 1.61. The average molecular weight is 309 g/mol. The van der Waals surface area contributed by atoms with Gasteiger partial charge in [-0.3, -0.25) is 0 Å². The van der Waals surface area contributed by atoms with Crippen molar-refractivity contribution in [3.05, 3.63) is 51.3 Å². The Morgan fingerprint density at radius 3 is 2.26 bits per heavy atom. The molecule has 0 bridgehead atoms. The predicted octanol–water partition coefficient (Wildman–Crippen LogP) is 1.96. The lowest BCUT2D eigenvalue weighted by Gasteiger charge is -2.45. The molecular weight excluding hydrogens is 290 g/mol. The summed E-state index contributed by atoms with van der Waals surface area (Å²) in [6.45, 7) is 7.03. The van der Waals surface area contributed by atoms with Crippen molar-refractivity contribution in [3.8, 4) is 5.69 Å². The van der Waals surface area contributed by atoms with Crippen LogP contribution in [0.5, 0.6) is 0 Å². The normalized spacial score (nSPS) is 47.2. The summed E-state index contributed by atoms with van der Waals surface area (Å²) in [5.41, 5.74) is 1.08. The molecule has 4 aliphatic rings. The van der Waals surface area contributed by atoms with Gasteiger partial charge >= 0.3 is 11.4 Å². The molecule has 0 saturated heterocycles. The van der Waals surface area contributed by atoms with E-state index in [1.807, 2.05) is 30.3 Å². The van der Waals surface area contributed by atoms with Gasteiger partial charge in [-0.25, -0.2) is 23.5 Å². The molecule has 5 nitrogen and oxygen atoms in total. The van der Waals surface area contributed by atoms with Crippen molar-refractivity contribution in [2.24, 2.45) is 22.2 Å². The topological polar surface area (TPSA) is 48.9 Å². The van der Waals surface area contributed by atoms with E-state index in [1.54, 1.807) is 9.36 Å². The van der Waals surface area contributed by atoms with Crippen LogP contribution in [-0.4, -0.2) is 13.9 Å². The molecule has 0 spiro atoms. The Bertz CT molecular complexity index is 1010. The maximum absolute atomic E-state index is 13.1. The third-order valence-electron chi connectivity index (χ3n) is 8.54. The van der Waals surface area contributed by atoms with Crippen molar-refractivity contribution in [1.29, 1.82) is 0 Å². The van der Waals surface area contributed by atoms with Gasteiger partial charge in [-0.1, -0.05) is 39.0 Å². The van der Waals surface area contributed by atoms with Crippen molar-refractivity contribution < 1.29 is 0 Å². The van der Waals surface area contributed by atoms with Crippen molar-refractivity contribution in [1.82, 2.24) is 13.9 Å². The number of hydrogen-bond acceptors (Lipinski definition) is 2. The molecule has 3 saturated carbocycles. The second kappa shape index (κ2) is 2.99. The molecule has 1 aromatic carbocycles. The second-order valence-corrected chi connectivity index (χ2v) is 8.40. The highest BCUT2D eigenvalue weighted by Crippen LogP contribution is 3.02. The van der Waals surface area contributed by atoms with Crippen LogP contribution in [0.4, 0.5) is 0 Å². The summed E-state index contributed by atoms with van der Waals surface area (Å²) in [6.07, 6.45) is 1.03. The minimum atomic E-state index is -0.170. The zero-order valence-corrected chi connectivity index (χ0v) is 13.5. The molecule has 1 aliphatic heterocycles. The Balaban J connectivity index is 1.65. The van der Waals surface area contributed by atoms with E-state index in [1.165, 1.54) is 4.57 Å². The number of para-hydroxylation sites is 1. The molecule has 0 amide bonds. The molecule has 1 aromatic heterocycles. The highest BCUT2D eigenvalue weighted by Gasteiger charge is 2.99. The molecule has 2 aromatic rings. The summed E-state index contributed by atoms with van der Waals surface area (Å²) in [5.74, 6) is 0.461. The van der Waals surface area contributed by atoms with Crippen LogP contribution in [0.1, 0.15) is 39.3 Å². The summed E-state index contributed by atoms with van der Waals surface area (Å²) in [4.78, 5) is 26.1. The highest BCUT2D eigenvalue weighted by atomic mass is 16.2. The second-order valence-electron chi connectivity index (χ2n) is 8.40. The van der Waals surface area contributed by atoms with Crippen molar-refractivity contribution in [3.63, 3.8) is 0 Å². The molecule has 3 fully saturated rings. The number of benzene rings is 1. The van der Waals surface area contributed by atoms with E-state index in [4.69, 9.17) is 0 Å². The Labute approximate surface area is 133 Å². The van der Waals surface area contributed by atoms with Crippen LogP contribution in [0.15, 0.2) is 39.9 Å². The summed E-state index contributed by atoms with van der Waals surface area (Å²) >= 11 is 0. The van der Waals surface area contributed by atoms with Crippen LogP contribution in [0, 0.1) is 22.2 Å². The fourth-order valence-electron chi connectivity index (χ4n) is 7.24. The average Bonchev–Trinajstić information content (AvgIpc) is 2.89. The van der Waals surface area contributed by atoms with Gasteiger partial charge in [0.2, 0.25) is 0 Å². The van der Waals surface area contributed by atoms with Gasteiger partial charge < -0.3 is 0 Å². The zero-order chi connectivity index (χ0) is 15.9. The van der Waals surface area contributed by atoms with Crippen LogP contribution in [-0.2, 0) is 0 Å². The molecular formula is C18H19N3O2. The predicted molar refractivity (Wildman–Crippen MR) is 84.8 cm³/mol. The molecule has 0 unspecified atom stereocenters. The number of aromatic nitrogens is 3.